The fraction of sp³-hybridized carbons (Fsp3) is 0.333. The van der Waals surface area contributed by atoms with Crippen LogP contribution in [0.4, 0.5) is 5.82 Å². The third-order valence-corrected chi connectivity index (χ3v) is 3.49. The van der Waals surface area contributed by atoms with Gasteiger partial charge in [-0.1, -0.05) is 6.07 Å². The number of imidazole rings is 1. The Morgan fingerprint density at radius 3 is 2.90 bits per heavy atom. The molecule has 6 nitrogen and oxygen atoms in total. The number of fused-ring (bicyclic) bond motifs is 1. The van der Waals surface area contributed by atoms with Crippen molar-refractivity contribution in [3.63, 3.8) is 0 Å². The molecule has 3 rings (SSSR count). The van der Waals surface area contributed by atoms with Crippen molar-refractivity contribution in [2.24, 2.45) is 7.05 Å². The summed E-state index contributed by atoms with van der Waals surface area (Å²) in [5.74, 6) is 0.999. The minimum atomic E-state index is 0.776. The van der Waals surface area contributed by atoms with E-state index in [9.17, 15) is 0 Å². The lowest BCUT2D eigenvalue weighted by molar-refractivity contribution is 0.764. The molecule has 1 N–H and O–H groups in total. The zero-order chi connectivity index (χ0) is 14.8. The van der Waals surface area contributed by atoms with Crippen LogP contribution in [-0.2, 0) is 20.1 Å². The minimum Gasteiger partial charge on any atom is -0.354 e. The first-order valence-electron chi connectivity index (χ1n) is 6.98. The van der Waals surface area contributed by atoms with Gasteiger partial charge in [-0.05, 0) is 19.2 Å². The lowest BCUT2D eigenvalue weighted by atomic mass is 10.3. The summed E-state index contributed by atoms with van der Waals surface area (Å²) in [6.07, 6.45) is 5.98. The van der Waals surface area contributed by atoms with Crippen LogP contribution in [0.5, 0.6) is 0 Å². The molecule has 0 saturated carbocycles. The molecule has 0 aromatic carbocycles. The Hall–Kier alpha value is -2.34. The second kappa shape index (κ2) is 5.57. The molecule has 3 aromatic heterocycles. The van der Waals surface area contributed by atoms with Crippen LogP contribution in [0.25, 0.3) is 5.65 Å². The highest BCUT2D eigenvalue weighted by atomic mass is 15.3. The van der Waals surface area contributed by atoms with Gasteiger partial charge in [0.15, 0.2) is 5.82 Å². The number of rotatable bonds is 5. The summed E-state index contributed by atoms with van der Waals surface area (Å²) >= 11 is 0. The Labute approximate surface area is 124 Å². The van der Waals surface area contributed by atoms with Gasteiger partial charge in [-0.3, -0.25) is 4.68 Å². The van der Waals surface area contributed by atoms with E-state index in [0.717, 1.165) is 24.6 Å². The van der Waals surface area contributed by atoms with Crippen molar-refractivity contribution < 1.29 is 0 Å². The Bertz CT molecular complexity index is 742. The highest BCUT2D eigenvalue weighted by Gasteiger charge is 2.15. The van der Waals surface area contributed by atoms with Crippen LogP contribution in [0.3, 0.4) is 0 Å². The standard InChI is InChI=1S/C15H20N6/c1-16-9-13-15(18-14-6-4-5-7-21(13)14)19(2)10-12-8-17-20(3)11-12/h4-8,11,16H,9-10H2,1-3H3. The molecular weight excluding hydrogens is 264 g/mol. The third-order valence-electron chi connectivity index (χ3n) is 3.49. The number of hydrogen-bond acceptors (Lipinski definition) is 4. The summed E-state index contributed by atoms with van der Waals surface area (Å²) in [5.41, 5.74) is 3.31. The number of anilines is 1. The topological polar surface area (TPSA) is 50.4 Å². The molecule has 3 aromatic rings. The molecule has 0 bridgehead atoms. The second-order valence-corrected chi connectivity index (χ2v) is 5.22. The van der Waals surface area contributed by atoms with Crippen LogP contribution < -0.4 is 10.2 Å². The summed E-state index contributed by atoms with van der Waals surface area (Å²) in [4.78, 5) is 6.92. The van der Waals surface area contributed by atoms with Crippen molar-refractivity contribution in [3.05, 3.63) is 48.0 Å². The zero-order valence-electron chi connectivity index (χ0n) is 12.6. The summed E-state index contributed by atoms with van der Waals surface area (Å²) in [7, 11) is 5.95. The van der Waals surface area contributed by atoms with Crippen LogP contribution >= 0.6 is 0 Å². The number of aromatic nitrogens is 4. The van der Waals surface area contributed by atoms with E-state index >= 15 is 0 Å². The van der Waals surface area contributed by atoms with Crippen molar-refractivity contribution >= 4 is 11.5 Å². The minimum absolute atomic E-state index is 0.776. The number of nitrogens with zero attached hydrogens (tertiary/aromatic N) is 5. The lowest BCUT2D eigenvalue weighted by Gasteiger charge is -2.17. The summed E-state index contributed by atoms with van der Waals surface area (Å²) in [6, 6.07) is 6.07. The number of nitrogens with one attached hydrogen (secondary N) is 1. The highest BCUT2D eigenvalue weighted by Crippen LogP contribution is 2.22. The molecule has 0 unspecified atom stereocenters. The molecule has 0 fully saturated rings. The Morgan fingerprint density at radius 2 is 2.19 bits per heavy atom. The molecule has 21 heavy (non-hydrogen) atoms. The molecular formula is C15H20N6. The van der Waals surface area contributed by atoms with Crippen LogP contribution in [0, 0.1) is 0 Å². The molecule has 0 amide bonds. The number of aryl methyl sites for hydroxylation is 1. The second-order valence-electron chi connectivity index (χ2n) is 5.22. The maximum absolute atomic E-state index is 4.76. The van der Waals surface area contributed by atoms with Crippen LogP contribution in [-0.4, -0.2) is 33.3 Å². The normalized spacial score (nSPS) is 11.2. The molecule has 0 spiro atoms. The number of pyridine rings is 1. The van der Waals surface area contributed by atoms with Crippen molar-refractivity contribution in [1.29, 1.82) is 0 Å². The third kappa shape index (κ3) is 2.62. The monoisotopic (exact) mass is 284 g/mol. The van der Waals surface area contributed by atoms with Gasteiger partial charge in [0.05, 0.1) is 11.9 Å². The van der Waals surface area contributed by atoms with E-state index < -0.39 is 0 Å². The van der Waals surface area contributed by atoms with Gasteiger partial charge < -0.3 is 14.6 Å². The predicted molar refractivity (Wildman–Crippen MR) is 83.3 cm³/mol. The van der Waals surface area contributed by atoms with Crippen molar-refractivity contribution in [1.82, 2.24) is 24.5 Å². The fourth-order valence-corrected chi connectivity index (χ4v) is 2.57. The van der Waals surface area contributed by atoms with Gasteiger partial charge in [-0.15, -0.1) is 0 Å². The fourth-order valence-electron chi connectivity index (χ4n) is 2.57. The van der Waals surface area contributed by atoms with E-state index in [1.807, 2.05) is 49.4 Å². The molecule has 3 heterocycles. The molecule has 0 saturated heterocycles. The maximum Gasteiger partial charge on any atom is 0.152 e. The average Bonchev–Trinajstić information content (AvgIpc) is 3.04. The van der Waals surface area contributed by atoms with Gasteiger partial charge in [0.1, 0.15) is 5.65 Å². The van der Waals surface area contributed by atoms with Gasteiger partial charge >= 0.3 is 0 Å². The first-order valence-corrected chi connectivity index (χ1v) is 6.98. The van der Waals surface area contributed by atoms with Crippen molar-refractivity contribution in [2.75, 3.05) is 19.0 Å². The molecule has 0 aliphatic rings. The van der Waals surface area contributed by atoms with E-state index in [0.29, 0.717) is 0 Å². The molecule has 6 heteroatoms. The van der Waals surface area contributed by atoms with E-state index in [4.69, 9.17) is 4.98 Å². The first-order chi connectivity index (χ1) is 10.2. The van der Waals surface area contributed by atoms with Crippen LogP contribution in [0.15, 0.2) is 36.8 Å². The van der Waals surface area contributed by atoms with Gasteiger partial charge in [-0.25, -0.2) is 4.98 Å². The molecule has 0 radical (unpaired) electrons. The maximum atomic E-state index is 4.76. The largest absolute Gasteiger partial charge is 0.354 e. The molecule has 110 valence electrons. The van der Waals surface area contributed by atoms with Gasteiger partial charge in [0, 0.05) is 45.1 Å². The smallest absolute Gasteiger partial charge is 0.152 e. The van der Waals surface area contributed by atoms with E-state index in [1.54, 1.807) is 0 Å². The number of hydrogen-bond donors (Lipinski definition) is 1. The van der Waals surface area contributed by atoms with Crippen LogP contribution in [0.2, 0.25) is 0 Å². The molecule has 0 aliphatic carbocycles. The summed E-state index contributed by atoms with van der Waals surface area (Å²) < 4.78 is 3.95. The highest BCUT2D eigenvalue weighted by molar-refractivity contribution is 5.55. The molecule has 0 aliphatic heterocycles. The Morgan fingerprint density at radius 1 is 1.33 bits per heavy atom. The van der Waals surface area contributed by atoms with E-state index in [2.05, 4.69) is 33.0 Å². The van der Waals surface area contributed by atoms with Gasteiger partial charge in [0.25, 0.3) is 0 Å². The van der Waals surface area contributed by atoms with Crippen LogP contribution in [0.1, 0.15) is 11.3 Å². The summed E-state index contributed by atoms with van der Waals surface area (Å²) in [5, 5.41) is 7.44. The predicted octanol–water partition coefficient (Wildman–Crippen LogP) is 1.42. The van der Waals surface area contributed by atoms with Crippen molar-refractivity contribution in [3.8, 4) is 0 Å². The van der Waals surface area contributed by atoms with Gasteiger partial charge in [0.2, 0.25) is 0 Å². The average molecular weight is 284 g/mol. The summed E-state index contributed by atoms with van der Waals surface area (Å²) in [6.45, 7) is 1.56. The first kappa shape index (κ1) is 13.6. The SMILES string of the molecule is CNCc1c(N(C)Cc2cnn(C)c2)nc2ccccn12. The van der Waals surface area contributed by atoms with E-state index in [-0.39, 0.29) is 0 Å². The van der Waals surface area contributed by atoms with Gasteiger partial charge in [-0.2, -0.15) is 5.10 Å². The Balaban J connectivity index is 1.96. The molecule has 0 atom stereocenters. The quantitative estimate of drug-likeness (QED) is 0.770. The zero-order valence-corrected chi connectivity index (χ0v) is 12.6. The Kier molecular flexibility index (Phi) is 3.62. The van der Waals surface area contributed by atoms with Crippen molar-refractivity contribution in [2.45, 2.75) is 13.1 Å². The van der Waals surface area contributed by atoms with E-state index in [1.165, 1.54) is 11.3 Å². The lowest BCUT2D eigenvalue weighted by Crippen LogP contribution is -2.20.